The SMILES string of the molecule is COC(=O)NC(C(=O)NC1CCC(Cc2nc3c(ccc4cc(-c5ccc6c(ccc7[nH]c(C8CCCN8C(=O)C(NC(=O)OC)C(C)C)nc76)c5)ccc43)[nH]2)C1)c1ccccc1. The van der Waals surface area contributed by atoms with Gasteiger partial charge in [-0.25, -0.2) is 19.6 Å². The molecule has 3 heterocycles. The van der Waals surface area contributed by atoms with Gasteiger partial charge < -0.3 is 40.3 Å². The summed E-state index contributed by atoms with van der Waals surface area (Å²) in [5, 5.41) is 12.8. The molecule has 1 saturated carbocycles. The number of likely N-dealkylation sites (tertiary alicyclic amines) is 1. The number of amides is 4. The highest BCUT2D eigenvalue weighted by molar-refractivity contribution is 6.07. The number of aromatic amines is 2. The van der Waals surface area contributed by atoms with Crippen molar-refractivity contribution in [2.45, 2.75) is 76.5 Å². The van der Waals surface area contributed by atoms with Gasteiger partial charge in [-0.3, -0.25) is 9.59 Å². The highest BCUT2D eigenvalue weighted by Crippen LogP contribution is 2.37. The first kappa shape index (κ1) is 41.4. The van der Waals surface area contributed by atoms with E-state index in [0.717, 1.165) is 105 Å². The number of hydrogen-bond acceptors (Lipinski definition) is 8. The van der Waals surface area contributed by atoms with Crippen molar-refractivity contribution in [3.63, 3.8) is 0 Å². The van der Waals surface area contributed by atoms with Gasteiger partial charge in [0.1, 0.15) is 23.7 Å². The zero-order valence-corrected chi connectivity index (χ0v) is 35.9. The van der Waals surface area contributed by atoms with Crippen LogP contribution in [-0.4, -0.2) is 81.7 Å². The van der Waals surface area contributed by atoms with Gasteiger partial charge in [-0.2, -0.15) is 0 Å². The Morgan fingerprint density at radius 2 is 1.41 bits per heavy atom. The molecular formula is C49H52N8O6. The van der Waals surface area contributed by atoms with Crippen LogP contribution in [0.25, 0.3) is 54.7 Å². The summed E-state index contributed by atoms with van der Waals surface area (Å²) in [6.45, 7) is 4.42. The highest BCUT2D eigenvalue weighted by atomic mass is 16.5. The van der Waals surface area contributed by atoms with E-state index in [1.165, 1.54) is 14.2 Å². The Morgan fingerprint density at radius 3 is 2.08 bits per heavy atom. The van der Waals surface area contributed by atoms with Gasteiger partial charge in [0.15, 0.2) is 0 Å². The topological polar surface area (TPSA) is 183 Å². The smallest absolute Gasteiger partial charge is 0.407 e. The first-order valence-corrected chi connectivity index (χ1v) is 21.8. The van der Waals surface area contributed by atoms with Crippen LogP contribution in [0.3, 0.4) is 0 Å². The maximum absolute atomic E-state index is 13.7. The lowest BCUT2D eigenvalue weighted by atomic mass is 9.98. The lowest BCUT2D eigenvalue weighted by molar-refractivity contribution is -0.135. The minimum atomic E-state index is -0.844. The molecule has 0 bridgehead atoms. The van der Waals surface area contributed by atoms with Crippen molar-refractivity contribution in [3.05, 3.63) is 108 Å². The predicted octanol–water partition coefficient (Wildman–Crippen LogP) is 8.38. The second kappa shape index (κ2) is 17.4. The van der Waals surface area contributed by atoms with Gasteiger partial charge in [0.05, 0.1) is 42.3 Å². The summed E-state index contributed by atoms with van der Waals surface area (Å²) in [5.74, 6) is 1.52. The molecule has 4 amide bonds. The second-order valence-electron chi connectivity index (χ2n) is 17.2. The number of nitrogens with zero attached hydrogens (tertiary/aromatic N) is 3. The number of carbonyl (C=O) groups is 4. The van der Waals surface area contributed by atoms with Gasteiger partial charge in [-0.1, -0.05) is 80.6 Å². The van der Waals surface area contributed by atoms with Gasteiger partial charge in [0.2, 0.25) is 11.8 Å². The molecule has 5 atom stereocenters. The average molecular weight is 849 g/mol. The fraction of sp³-hybridized carbons (Fsp3) is 0.347. The van der Waals surface area contributed by atoms with E-state index in [-0.39, 0.29) is 29.8 Å². The van der Waals surface area contributed by atoms with Crippen LogP contribution in [0, 0.1) is 11.8 Å². The fourth-order valence-corrected chi connectivity index (χ4v) is 9.55. The van der Waals surface area contributed by atoms with E-state index in [1.807, 2.05) is 49.1 Å². The van der Waals surface area contributed by atoms with Gasteiger partial charge in [-0.15, -0.1) is 0 Å². The molecule has 1 saturated heterocycles. The van der Waals surface area contributed by atoms with Crippen molar-refractivity contribution in [1.82, 2.24) is 40.8 Å². The third kappa shape index (κ3) is 8.37. The Morgan fingerprint density at radius 1 is 0.762 bits per heavy atom. The van der Waals surface area contributed by atoms with E-state index >= 15 is 0 Å². The minimum absolute atomic E-state index is 0.00307. The number of alkyl carbamates (subject to hydrolysis) is 2. The van der Waals surface area contributed by atoms with Crippen LogP contribution >= 0.6 is 0 Å². The first-order chi connectivity index (χ1) is 30.6. The van der Waals surface area contributed by atoms with Crippen molar-refractivity contribution in [2.24, 2.45) is 11.8 Å². The van der Waals surface area contributed by atoms with Crippen LogP contribution in [0.1, 0.15) is 75.2 Å². The van der Waals surface area contributed by atoms with Gasteiger partial charge >= 0.3 is 12.2 Å². The number of carbonyl (C=O) groups excluding carboxylic acids is 4. The number of ether oxygens (including phenoxy) is 2. The number of hydrogen-bond donors (Lipinski definition) is 5. The van der Waals surface area contributed by atoms with Crippen molar-refractivity contribution >= 4 is 67.6 Å². The number of methoxy groups -OCH3 is 2. The second-order valence-corrected chi connectivity index (χ2v) is 17.2. The summed E-state index contributed by atoms with van der Waals surface area (Å²) in [7, 11) is 2.58. The average Bonchev–Trinajstić information content (AvgIpc) is 4.13. The molecule has 324 valence electrons. The zero-order chi connectivity index (χ0) is 43.8. The third-order valence-corrected chi connectivity index (χ3v) is 12.8. The van der Waals surface area contributed by atoms with Crippen LogP contribution in [0.2, 0.25) is 0 Å². The minimum Gasteiger partial charge on any atom is -0.453 e. The van der Waals surface area contributed by atoms with Crippen LogP contribution < -0.4 is 16.0 Å². The molecule has 14 nitrogen and oxygen atoms in total. The summed E-state index contributed by atoms with van der Waals surface area (Å²) in [5.41, 5.74) is 6.57. The summed E-state index contributed by atoms with van der Waals surface area (Å²) in [6, 6.07) is 28.8. The lowest BCUT2D eigenvalue weighted by Crippen LogP contribution is -2.51. The highest BCUT2D eigenvalue weighted by Gasteiger charge is 2.38. The summed E-state index contributed by atoms with van der Waals surface area (Å²) in [4.78, 5) is 70.3. The molecule has 0 spiro atoms. The Hall–Kier alpha value is -6.96. The molecule has 1 aliphatic carbocycles. The molecule has 1 aliphatic heterocycles. The van der Waals surface area contributed by atoms with Crippen LogP contribution in [-0.2, 0) is 25.5 Å². The van der Waals surface area contributed by atoms with E-state index in [9.17, 15) is 19.2 Å². The number of fused-ring (bicyclic) bond motifs is 6. The van der Waals surface area contributed by atoms with E-state index in [0.29, 0.717) is 18.0 Å². The summed E-state index contributed by atoms with van der Waals surface area (Å²) < 4.78 is 9.58. The Labute approximate surface area is 364 Å². The molecule has 5 N–H and O–H groups in total. The van der Waals surface area contributed by atoms with Gasteiger partial charge in [0.25, 0.3) is 0 Å². The normalized spacial score (nSPS) is 18.6. The summed E-state index contributed by atoms with van der Waals surface area (Å²) in [6.07, 6.45) is 3.75. The molecule has 5 aromatic carbocycles. The molecule has 2 aliphatic rings. The van der Waals surface area contributed by atoms with Crippen molar-refractivity contribution in [2.75, 3.05) is 20.8 Å². The zero-order valence-electron chi connectivity index (χ0n) is 35.9. The van der Waals surface area contributed by atoms with Crippen molar-refractivity contribution in [3.8, 4) is 11.1 Å². The first-order valence-electron chi connectivity index (χ1n) is 21.8. The number of H-pyrrole nitrogens is 2. The van der Waals surface area contributed by atoms with Gasteiger partial charge in [0, 0.05) is 29.8 Å². The molecule has 0 radical (unpaired) electrons. The maximum Gasteiger partial charge on any atom is 0.407 e. The van der Waals surface area contributed by atoms with E-state index in [1.54, 1.807) is 0 Å². The Kier molecular flexibility index (Phi) is 11.5. The molecule has 63 heavy (non-hydrogen) atoms. The molecule has 14 heteroatoms. The molecule has 9 rings (SSSR count). The van der Waals surface area contributed by atoms with Crippen LogP contribution in [0.15, 0.2) is 91.0 Å². The van der Waals surface area contributed by atoms with Crippen molar-refractivity contribution in [1.29, 1.82) is 0 Å². The molecule has 7 aromatic rings. The summed E-state index contributed by atoms with van der Waals surface area (Å²) >= 11 is 0. The third-order valence-electron chi connectivity index (χ3n) is 12.8. The van der Waals surface area contributed by atoms with E-state index < -0.39 is 24.3 Å². The molecule has 2 fully saturated rings. The molecule has 2 aromatic heterocycles. The van der Waals surface area contributed by atoms with E-state index in [4.69, 9.17) is 19.4 Å². The molecular weight excluding hydrogens is 797 g/mol. The fourth-order valence-electron chi connectivity index (χ4n) is 9.55. The van der Waals surface area contributed by atoms with Crippen molar-refractivity contribution < 1.29 is 28.7 Å². The standard InChI is InChI=1S/C49H52N8O6/c1-27(2)41(55-48(60)62-3)47(59)57-22-8-11-39(57)45-52-38-21-16-33-26-31(14-19-36(33)44(38)54-45)30-13-18-35-32(25-30)15-20-37-43(35)53-40(51-37)24-28-12-17-34(23-28)50-46(58)42(56-49(61)63-4)29-9-6-5-7-10-29/h5-7,9-10,13-16,18-21,25-28,34,39,41-42H,8,11-12,17,22-24H2,1-4H3,(H,50,58)(H,51,53)(H,52,54)(H,55,60)(H,56,61). The Balaban J connectivity index is 0.889. The largest absolute Gasteiger partial charge is 0.453 e. The van der Waals surface area contributed by atoms with Gasteiger partial charge in [-0.05, 0) is 95.7 Å². The number of rotatable bonds is 11. The predicted molar refractivity (Wildman–Crippen MR) is 242 cm³/mol. The number of nitrogens with one attached hydrogen (secondary N) is 5. The Bertz CT molecular complexity index is 2850. The quantitative estimate of drug-likeness (QED) is 0.0860. The lowest BCUT2D eigenvalue weighted by Gasteiger charge is -2.29. The van der Waals surface area contributed by atoms with E-state index in [2.05, 4.69) is 86.6 Å². The maximum atomic E-state index is 13.7. The van der Waals surface area contributed by atoms with Crippen LogP contribution in [0.5, 0.6) is 0 Å². The number of benzene rings is 5. The number of aromatic nitrogens is 4. The monoisotopic (exact) mass is 848 g/mol. The van der Waals surface area contributed by atoms with Crippen LogP contribution in [0.4, 0.5) is 9.59 Å². The molecule has 5 unspecified atom stereocenters. The number of imidazole rings is 2.